The van der Waals surface area contributed by atoms with Gasteiger partial charge >= 0.3 is 0 Å². The number of rotatable bonds is 8. The number of unbranched alkanes of at least 4 members (excludes halogenated alkanes) is 2. The van der Waals surface area contributed by atoms with Gasteiger partial charge in [-0.25, -0.2) is 0 Å². The smallest absolute Gasteiger partial charge is 0.0902 e. The number of aliphatic hydroxyl groups excluding tert-OH is 1. The first-order chi connectivity index (χ1) is 6.64. The summed E-state index contributed by atoms with van der Waals surface area (Å²) in [4.78, 5) is 0. The van der Waals surface area contributed by atoms with Crippen LogP contribution in [0.3, 0.4) is 0 Å². The van der Waals surface area contributed by atoms with Gasteiger partial charge in [0.1, 0.15) is 0 Å². The van der Waals surface area contributed by atoms with Crippen LogP contribution < -0.4 is 0 Å². The van der Waals surface area contributed by atoms with Crippen LogP contribution in [0.1, 0.15) is 59.3 Å². The Hall–Kier alpha value is -0.0800. The van der Waals surface area contributed by atoms with E-state index >= 15 is 0 Å². The molecule has 0 bridgehead atoms. The Morgan fingerprint density at radius 2 is 1.79 bits per heavy atom. The van der Waals surface area contributed by atoms with Crippen molar-refractivity contribution in [1.29, 1.82) is 0 Å². The van der Waals surface area contributed by atoms with Gasteiger partial charge in [-0.15, -0.1) is 0 Å². The molecule has 0 aromatic carbocycles. The average molecular weight is 202 g/mol. The average Bonchev–Trinajstić information content (AvgIpc) is 2.23. The molecule has 0 spiro atoms. The fourth-order valence-electron chi connectivity index (χ4n) is 2.02. The maximum atomic E-state index is 10.1. The molecule has 2 N–H and O–H groups in total. The number of hydrogen-bond acceptors (Lipinski definition) is 2. The summed E-state index contributed by atoms with van der Waals surface area (Å²) in [6, 6.07) is 0. The maximum Gasteiger partial charge on any atom is 0.0902 e. The minimum atomic E-state index is -0.845. The Morgan fingerprint density at radius 3 is 2.14 bits per heavy atom. The van der Waals surface area contributed by atoms with Gasteiger partial charge in [-0.1, -0.05) is 46.5 Å². The lowest BCUT2D eigenvalue weighted by Crippen LogP contribution is -2.40. The second-order valence-electron chi connectivity index (χ2n) is 4.22. The van der Waals surface area contributed by atoms with Crippen LogP contribution in [0.25, 0.3) is 0 Å². The largest absolute Gasteiger partial charge is 0.393 e. The van der Waals surface area contributed by atoms with Gasteiger partial charge in [0.25, 0.3) is 0 Å². The topological polar surface area (TPSA) is 40.5 Å². The van der Waals surface area contributed by atoms with Crippen molar-refractivity contribution in [3.8, 4) is 0 Å². The first-order valence-electron chi connectivity index (χ1n) is 5.97. The summed E-state index contributed by atoms with van der Waals surface area (Å²) >= 11 is 0. The van der Waals surface area contributed by atoms with Crippen LogP contribution in [0.4, 0.5) is 0 Å². The van der Waals surface area contributed by atoms with Crippen LogP contribution in [0.5, 0.6) is 0 Å². The van der Waals surface area contributed by atoms with Crippen molar-refractivity contribution in [3.05, 3.63) is 0 Å². The molecular formula is C12H26O2. The Bertz CT molecular complexity index is 130. The summed E-state index contributed by atoms with van der Waals surface area (Å²) < 4.78 is 0. The third kappa shape index (κ3) is 3.97. The normalized spacial score (nSPS) is 17.8. The van der Waals surface area contributed by atoms with Crippen LogP contribution in [0.2, 0.25) is 0 Å². The fraction of sp³-hybridized carbons (Fsp3) is 1.00. The van der Waals surface area contributed by atoms with E-state index in [1.807, 2.05) is 6.92 Å². The first kappa shape index (κ1) is 13.9. The van der Waals surface area contributed by atoms with Crippen molar-refractivity contribution in [2.24, 2.45) is 5.92 Å². The highest BCUT2D eigenvalue weighted by atomic mass is 16.3. The van der Waals surface area contributed by atoms with E-state index in [1.54, 1.807) is 0 Å². The molecule has 0 saturated heterocycles. The molecule has 0 saturated carbocycles. The van der Waals surface area contributed by atoms with E-state index in [4.69, 9.17) is 0 Å². The van der Waals surface area contributed by atoms with Gasteiger partial charge in [0.15, 0.2) is 0 Å². The van der Waals surface area contributed by atoms with E-state index < -0.39 is 5.60 Å². The molecule has 0 radical (unpaired) electrons. The molecule has 0 rings (SSSR count). The van der Waals surface area contributed by atoms with Crippen molar-refractivity contribution in [1.82, 2.24) is 0 Å². The summed E-state index contributed by atoms with van der Waals surface area (Å²) in [6.45, 7) is 6.11. The molecule has 2 unspecified atom stereocenters. The lowest BCUT2D eigenvalue weighted by molar-refractivity contribution is -0.0690. The molecule has 0 fully saturated rings. The van der Waals surface area contributed by atoms with Crippen molar-refractivity contribution in [2.75, 3.05) is 6.61 Å². The molecule has 2 nitrogen and oxygen atoms in total. The van der Waals surface area contributed by atoms with Gasteiger partial charge in [0.2, 0.25) is 0 Å². The Kier molecular flexibility index (Phi) is 7.20. The van der Waals surface area contributed by atoms with Crippen LogP contribution in [0.15, 0.2) is 0 Å². The third-order valence-corrected chi connectivity index (χ3v) is 3.29. The van der Waals surface area contributed by atoms with E-state index in [-0.39, 0.29) is 12.5 Å². The lowest BCUT2D eigenvalue weighted by atomic mass is 9.80. The molecule has 0 aliphatic heterocycles. The van der Waals surface area contributed by atoms with Crippen LogP contribution in [-0.2, 0) is 0 Å². The summed E-state index contributed by atoms with van der Waals surface area (Å²) in [6.07, 6.45) is 6.23. The monoisotopic (exact) mass is 202 g/mol. The summed E-state index contributed by atoms with van der Waals surface area (Å²) in [7, 11) is 0. The molecule has 0 aliphatic rings. The molecule has 2 atom stereocenters. The SMILES string of the molecule is CCCCCC(CC)C(O)(CC)CO. The summed E-state index contributed by atoms with van der Waals surface area (Å²) in [5.74, 6) is 0.254. The zero-order chi connectivity index (χ0) is 11.0. The minimum absolute atomic E-state index is 0.103. The van der Waals surface area contributed by atoms with Crippen molar-refractivity contribution in [2.45, 2.75) is 64.9 Å². The molecule has 2 heteroatoms. The van der Waals surface area contributed by atoms with Crippen LogP contribution in [-0.4, -0.2) is 22.4 Å². The number of aliphatic hydroxyl groups is 2. The van der Waals surface area contributed by atoms with Crippen LogP contribution in [0, 0.1) is 5.92 Å². The second kappa shape index (κ2) is 7.24. The van der Waals surface area contributed by atoms with E-state index in [0.29, 0.717) is 6.42 Å². The third-order valence-electron chi connectivity index (χ3n) is 3.29. The minimum Gasteiger partial charge on any atom is -0.393 e. The predicted molar refractivity (Wildman–Crippen MR) is 60.2 cm³/mol. The van der Waals surface area contributed by atoms with Gasteiger partial charge in [-0.2, -0.15) is 0 Å². The van der Waals surface area contributed by atoms with Crippen molar-refractivity contribution < 1.29 is 10.2 Å². The van der Waals surface area contributed by atoms with Gasteiger partial charge in [0.05, 0.1) is 12.2 Å². The van der Waals surface area contributed by atoms with Gasteiger partial charge in [0, 0.05) is 0 Å². The maximum absolute atomic E-state index is 10.1. The Balaban J connectivity index is 4.08. The molecule has 86 valence electrons. The zero-order valence-electron chi connectivity index (χ0n) is 9.92. The molecule has 14 heavy (non-hydrogen) atoms. The van der Waals surface area contributed by atoms with Gasteiger partial charge < -0.3 is 10.2 Å². The quantitative estimate of drug-likeness (QED) is 0.594. The highest BCUT2D eigenvalue weighted by molar-refractivity contribution is 4.83. The Labute approximate surface area is 88.3 Å². The van der Waals surface area contributed by atoms with Gasteiger partial charge in [-0.05, 0) is 18.8 Å². The van der Waals surface area contributed by atoms with Crippen molar-refractivity contribution >= 4 is 0 Å². The first-order valence-corrected chi connectivity index (χ1v) is 5.97. The van der Waals surface area contributed by atoms with E-state index in [0.717, 1.165) is 19.3 Å². The standard InChI is InChI=1S/C12H26O2/c1-4-7-8-9-11(5-2)12(14,6-3)10-13/h11,13-14H,4-10H2,1-3H3. The molecule has 0 aromatic heterocycles. The molecule has 0 heterocycles. The predicted octanol–water partition coefficient (Wildman–Crippen LogP) is 2.73. The van der Waals surface area contributed by atoms with Gasteiger partial charge in [-0.3, -0.25) is 0 Å². The second-order valence-corrected chi connectivity index (χ2v) is 4.22. The molecule has 0 aliphatic carbocycles. The number of hydrogen-bond donors (Lipinski definition) is 2. The Morgan fingerprint density at radius 1 is 1.14 bits per heavy atom. The van der Waals surface area contributed by atoms with E-state index in [9.17, 15) is 10.2 Å². The summed E-state index contributed by atoms with van der Waals surface area (Å²) in [5.41, 5.74) is -0.845. The molecule has 0 aromatic rings. The lowest BCUT2D eigenvalue weighted by Gasteiger charge is -2.33. The fourth-order valence-corrected chi connectivity index (χ4v) is 2.02. The molecule has 0 amide bonds. The highest BCUT2D eigenvalue weighted by Crippen LogP contribution is 2.28. The van der Waals surface area contributed by atoms with E-state index in [2.05, 4.69) is 13.8 Å². The zero-order valence-corrected chi connectivity index (χ0v) is 9.92. The molecular weight excluding hydrogens is 176 g/mol. The highest BCUT2D eigenvalue weighted by Gasteiger charge is 2.32. The van der Waals surface area contributed by atoms with Crippen LogP contribution >= 0.6 is 0 Å². The van der Waals surface area contributed by atoms with E-state index in [1.165, 1.54) is 12.8 Å². The van der Waals surface area contributed by atoms with Crippen molar-refractivity contribution in [3.63, 3.8) is 0 Å². The summed E-state index contributed by atoms with van der Waals surface area (Å²) in [5, 5.41) is 19.3.